The standard InChI is InChI=1S/C16H12Br2N2O/c1-9-6-12(17)15(13(18)7-9)20-14(19)8-10-4-2-3-5-11(10)16(20)21/h2-8H,19H2,1H3. The Kier molecular flexibility index (Phi) is 3.63. The molecule has 1 aromatic heterocycles. The molecule has 0 fully saturated rings. The Hall–Kier alpha value is -1.59. The lowest BCUT2D eigenvalue weighted by atomic mass is 10.1. The van der Waals surface area contributed by atoms with Crippen molar-refractivity contribution in [3.05, 3.63) is 67.3 Å². The molecule has 0 unspecified atom stereocenters. The van der Waals surface area contributed by atoms with Crippen molar-refractivity contribution in [2.45, 2.75) is 6.92 Å². The van der Waals surface area contributed by atoms with Crippen LogP contribution in [0.5, 0.6) is 0 Å². The van der Waals surface area contributed by atoms with Crippen molar-refractivity contribution in [3.63, 3.8) is 0 Å². The van der Waals surface area contributed by atoms with Gasteiger partial charge in [0, 0.05) is 14.3 Å². The lowest BCUT2D eigenvalue weighted by Crippen LogP contribution is -2.22. The molecule has 0 saturated carbocycles. The van der Waals surface area contributed by atoms with Crippen molar-refractivity contribution >= 4 is 48.5 Å². The summed E-state index contributed by atoms with van der Waals surface area (Å²) in [6.07, 6.45) is 0. The minimum Gasteiger partial charge on any atom is -0.385 e. The van der Waals surface area contributed by atoms with Crippen LogP contribution in [0.25, 0.3) is 16.5 Å². The molecule has 0 spiro atoms. The average molecular weight is 408 g/mol. The maximum Gasteiger partial charge on any atom is 0.264 e. The monoisotopic (exact) mass is 406 g/mol. The largest absolute Gasteiger partial charge is 0.385 e. The predicted molar refractivity (Wildman–Crippen MR) is 94.1 cm³/mol. The molecule has 0 bridgehead atoms. The molecule has 106 valence electrons. The van der Waals surface area contributed by atoms with Crippen LogP contribution in [0.4, 0.5) is 5.82 Å². The molecule has 0 amide bonds. The fraction of sp³-hybridized carbons (Fsp3) is 0.0625. The van der Waals surface area contributed by atoms with Gasteiger partial charge in [0.2, 0.25) is 0 Å². The molecule has 3 nitrogen and oxygen atoms in total. The van der Waals surface area contributed by atoms with Gasteiger partial charge in [-0.2, -0.15) is 0 Å². The minimum atomic E-state index is -0.129. The first-order valence-electron chi connectivity index (χ1n) is 6.35. The van der Waals surface area contributed by atoms with Gasteiger partial charge in [0.25, 0.3) is 5.56 Å². The molecular weight excluding hydrogens is 396 g/mol. The van der Waals surface area contributed by atoms with Gasteiger partial charge >= 0.3 is 0 Å². The second kappa shape index (κ2) is 5.31. The van der Waals surface area contributed by atoms with E-state index in [4.69, 9.17) is 5.73 Å². The van der Waals surface area contributed by atoms with Crippen molar-refractivity contribution in [2.24, 2.45) is 0 Å². The fourth-order valence-electron chi connectivity index (χ4n) is 2.42. The first kappa shape index (κ1) is 14.4. The molecule has 21 heavy (non-hydrogen) atoms. The Morgan fingerprint density at radius 1 is 1.05 bits per heavy atom. The summed E-state index contributed by atoms with van der Waals surface area (Å²) < 4.78 is 3.16. The van der Waals surface area contributed by atoms with E-state index in [2.05, 4.69) is 31.9 Å². The molecule has 2 N–H and O–H groups in total. The number of aryl methyl sites for hydroxylation is 1. The molecule has 2 aromatic carbocycles. The van der Waals surface area contributed by atoms with Crippen molar-refractivity contribution in [1.29, 1.82) is 0 Å². The van der Waals surface area contributed by atoms with Gasteiger partial charge in [-0.05, 0) is 74.0 Å². The van der Waals surface area contributed by atoms with Crippen LogP contribution in [-0.2, 0) is 0 Å². The number of fused-ring (bicyclic) bond motifs is 1. The van der Waals surface area contributed by atoms with Crippen LogP contribution < -0.4 is 11.3 Å². The molecule has 1 heterocycles. The molecule has 0 saturated heterocycles. The summed E-state index contributed by atoms with van der Waals surface area (Å²) in [6.45, 7) is 1.99. The second-order valence-electron chi connectivity index (χ2n) is 4.87. The third kappa shape index (κ3) is 2.40. The van der Waals surface area contributed by atoms with Crippen molar-refractivity contribution in [1.82, 2.24) is 4.57 Å². The highest BCUT2D eigenvalue weighted by Gasteiger charge is 2.14. The topological polar surface area (TPSA) is 48.0 Å². The Labute approximate surface area is 138 Å². The highest BCUT2D eigenvalue weighted by atomic mass is 79.9. The van der Waals surface area contributed by atoms with Crippen LogP contribution in [0.3, 0.4) is 0 Å². The Morgan fingerprint density at radius 2 is 1.67 bits per heavy atom. The van der Waals surface area contributed by atoms with Gasteiger partial charge in [0.15, 0.2) is 0 Å². The summed E-state index contributed by atoms with van der Waals surface area (Å²) in [5.74, 6) is 0.406. The number of rotatable bonds is 1. The summed E-state index contributed by atoms with van der Waals surface area (Å²) in [7, 11) is 0. The van der Waals surface area contributed by atoms with Gasteiger partial charge in [0.1, 0.15) is 5.82 Å². The third-order valence-electron chi connectivity index (χ3n) is 3.34. The quantitative estimate of drug-likeness (QED) is 0.649. The zero-order valence-corrected chi connectivity index (χ0v) is 14.4. The van der Waals surface area contributed by atoms with Crippen molar-refractivity contribution < 1.29 is 0 Å². The summed E-state index contributed by atoms with van der Waals surface area (Å²) in [5, 5.41) is 1.49. The molecule has 0 atom stereocenters. The SMILES string of the molecule is Cc1cc(Br)c(-n2c(N)cc3ccccc3c2=O)c(Br)c1. The van der Waals surface area contributed by atoms with Crippen LogP contribution in [0.1, 0.15) is 5.56 Å². The van der Waals surface area contributed by atoms with E-state index in [0.717, 1.165) is 19.9 Å². The zero-order valence-electron chi connectivity index (χ0n) is 11.2. The van der Waals surface area contributed by atoms with Gasteiger partial charge in [-0.3, -0.25) is 9.36 Å². The van der Waals surface area contributed by atoms with Crippen molar-refractivity contribution in [3.8, 4) is 5.69 Å². The number of nitrogens with zero attached hydrogens (tertiary/aromatic N) is 1. The van der Waals surface area contributed by atoms with Gasteiger partial charge < -0.3 is 5.73 Å². The van der Waals surface area contributed by atoms with E-state index in [-0.39, 0.29) is 5.56 Å². The molecule has 3 aromatic rings. The predicted octanol–water partition coefficient (Wildman–Crippen LogP) is 4.41. The lowest BCUT2D eigenvalue weighted by molar-refractivity contribution is 1.01. The number of hydrogen-bond acceptors (Lipinski definition) is 2. The van der Waals surface area contributed by atoms with Gasteiger partial charge in [-0.15, -0.1) is 0 Å². The van der Waals surface area contributed by atoms with Crippen LogP contribution >= 0.6 is 31.9 Å². The maximum atomic E-state index is 12.8. The molecule has 0 aliphatic carbocycles. The number of halogens is 2. The van der Waals surface area contributed by atoms with Crippen LogP contribution in [0.15, 0.2) is 56.2 Å². The van der Waals surface area contributed by atoms with Crippen LogP contribution in [0.2, 0.25) is 0 Å². The number of hydrogen-bond donors (Lipinski definition) is 1. The molecule has 3 rings (SSSR count). The van der Waals surface area contributed by atoms with Gasteiger partial charge in [-0.1, -0.05) is 18.2 Å². The smallest absolute Gasteiger partial charge is 0.264 e. The molecular formula is C16H12Br2N2O. The Bertz CT molecular complexity index is 893. The number of nitrogens with two attached hydrogens (primary N) is 1. The highest BCUT2D eigenvalue weighted by Crippen LogP contribution is 2.32. The summed E-state index contributed by atoms with van der Waals surface area (Å²) in [5.41, 5.74) is 7.79. The first-order valence-corrected chi connectivity index (χ1v) is 7.94. The first-order chi connectivity index (χ1) is 9.99. The van der Waals surface area contributed by atoms with E-state index in [1.807, 2.05) is 49.4 Å². The van der Waals surface area contributed by atoms with Gasteiger partial charge in [-0.25, -0.2) is 0 Å². The Balaban J connectivity index is 2.44. The van der Waals surface area contributed by atoms with Crippen LogP contribution in [0, 0.1) is 6.92 Å². The number of anilines is 1. The van der Waals surface area contributed by atoms with Crippen molar-refractivity contribution in [2.75, 3.05) is 5.73 Å². The fourth-order valence-corrected chi connectivity index (χ4v) is 4.19. The van der Waals surface area contributed by atoms with Gasteiger partial charge in [0.05, 0.1) is 5.69 Å². The number of benzene rings is 2. The summed E-state index contributed by atoms with van der Waals surface area (Å²) in [4.78, 5) is 12.8. The van der Waals surface area contributed by atoms with Crippen LogP contribution in [-0.4, -0.2) is 4.57 Å². The number of nitrogen functional groups attached to an aromatic ring is 1. The number of pyridine rings is 1. The molecule has 0 aliphatic heterocycles. The van der Waals surface area contributed by atoms with E-state index in [9.17, 15) is 4.79 Å². The van der Waals surface area contributed by atoms with E-state index < -0.39 is 0 Å². The van der Waals surface area contributed by atoms with E-state index in [0.29, 0.717) is 16.9 Å². The molecule has 0 radical (unpaired) electrons. The molecule has 0 aliphatic rings. The number of aromatic nitrogens is 1. The maximum absolute atomic E-state index is 12.8. The average Bonchev–Trinajstić information content (AvgIpc) is 2.41. The zero-order chi connectivity index (χ0) is 15.1. The Morgan fingerprint density at radius 3 is 2.33 bits per heavy atom. The van der Waals surface area contributed by atoms with E-state index >= 15 is 0 Å². The highest BCUT2D eigenvalue weighted by molar-refractivity contribution is 9.11. The lowest BCUT2D eigenvalue weighted by Gasteiger charge is -2.15. The molecule has 5 heteroatoms. The normalized spacial score (nSPS) is 11.0. The van der Waals surface area contributed by atoms with E-state index in [1.165, 1.54) is 4.57 Å². The van der Waals surface area contributed by atoms with E-state index in [1.54, 1.807) is 0 Å². The second-order valence-corrected chi connectivity index (χ2v) is 6.58. The third-order valence-corrected chi connectivity index (χ3v) is 4.55. The summed E-state index contributed by atoms with van der Waals surface area (Å²) in [6, 6.07) is 13.2. The summed E-state index contributed by atoms with van der Waals surface area (Å²) >= 11 is 7.04. The minimum absolute atomic E-state index is 0.129.